The molecule has 0 aliphatic heterocycles. The molecule has 104 valence electrons. The Hall–Kier alpha value is -1.88. The number of aliphatic hydroxyl groups is 1. The Morgan fingerprint density at radius 1 is 1.26 bits per heavy atom. The topological polar surface area (TPSA) is 78.4 Å². The molecule has 3 N–H and O–H groups in total. The van der Waals surface area contributed by atoms with E-state index < -0.39 is 5.54 Å². The Labute approximate surface area is 113 Å². The molecule has 1 unspecified atom stereocenters. The van der Waals surface area contributed by atoms with Gasteiger partial charge in [0.2, 0.25) is 5.91 Å². The van der Waals surface area contributed by atoms with E-state index in [0.717, 1.165) is 0 Å². The normalized spacial score (nSPS) is 13.5. The van der Waals surface area contributed by atoms with Crippen molar-refractivity contribution >= 4 is 17.5 Å². The number of carbonyl (C=O) groups excluding carboxylic acids is 2. The van der Waals surface area contributed by atoms with Gasteiger partial charge in [-0.25, -0.2) is 0 Å². The van der Waals surface area contributed by atoms with E-state index in [1.807, 2.05) is 6.92 Å². The number of benzene rings is 1. The summed E-state index contributed by atoms with van der Waals surface area (Å²) in [6.45, 7) is 5.00. The molecule has 1 rings (SSSR count). The van der Waals surface area contributed by atoms with E-state index in [0.29, 0.717) is 17.7 Å². The fourth-order valence-corrected chi connectivity index (χ4v) is 1.49. The van der Waals surface area contributed by atoms with Crippen LogP contribution in [-0.2, 0) is 4.79 Å². The zero-order valence-electron chi connectivity index (χ0n) is 11.5. The van der Waals surface area contributed by atoms with E-state index >= 15 is 0 Å². The van der Waals surface area contributed by atoms with Crippen LogP contribution < -0.4 is 10.6 Å². The number of nitrogens with one attached hydrogen (secondary N) is 2. The maximum atomic E-state index is 12.0. The number of aliphatic hydroxyl groups excluding tert-OH is 1. The molecular weight excluding hydrogens is 244 g/mol. The summed E-state index contributed by atoms with van der Waals surface area (Å²) < 4.78 is 0. The van der Waals surface area contributed by atoms with Gasteiger partial charge in [0.25, 0.3) is 5.91 Å². The number of carbonyl (C=O) groups is 2. The Morgan fingerprint density at radius 3 is 2.26 bits per heavy atom. The lowest BCUT2D eigenvalue weighted by Gasteiger charge is -2.27. The first-order valence-electron chi connectivity index (χ1n) is 6.21. The molecule has 0 radical (unpaired) electrons. The summed E-state index contributed by atoms with van der Waals surface area (Å²) in [5.41, 5.74) is 0.514. The molecule has 0 spiro atoms. The van der Waals surface area contributed by atoms with Crippen molar-refractivity contribution < 1.29 is 14.7 Å². The maximum absolute atomic E-state index is 12.0. The minimum atomic E-state index is -0.618. The molecule has 0 heterocycles. The highest BCUT2D eigenvalue weighted by Gasteiger charge is 2.23. The van der Waals surface area contributed by atoms with Gasteiger partial charge in [-0.15, -0.1) is 0 Å². The molecule has 0 fully saturated rings. The third kappa shape index (κ3) is 4.37. The summed E-state index contributed by atoms with van der Waals surface area (Å²) in [7, 11) is 0. The van der Waals surface area contributed by atoms with Gasteiger partial charge in [0.15, 0.2) is 0 Å². The van der Waals surface area contributed by atoms with Crippen LogP contribution in [0.2, 0.25) is 0 Å². The Kier molecular flexibility index (Phi) is 5.06. The predicted molar refractivity (Wildman–Crippen MR) is 74.0 cm³/mol. The molecule has 0 saturated heterocycles. The maximum Gasteiger partial charge on any atom is 0.251 e. The minimum Gasteiger partial charge on any atom is -0.394 e. The van der Waals surface area contributed by atoms with Crippen molar-refractivity contribution in [2.45, 2.75) is 32.7 Å². The number of anilines is 1. The number of rotatable bonds is 5. The predicted octanol–water partition coefficient (Wildman–Crippen LogP) is 1.54. The van der Waals surface area contributed by atoms with E-state index in [2.05, 4.69) is 10.6 Å². The average molecular weight is 264 g/mol. The summed E-state index contributed by atoms with van der Waals surface area (Å²) in [5.74, 6) is -0.399. The number of hydrogen-bond acceptors (Lipinski definition) is 3. The summed E-state index contributed by atoms with van der Waals surface area (Å²) in [4.78, 5) is 22.9. The van der Waals surface area contributed by atoms with Crippen molar-refractivity contribution in [2.75, 3.05) is 11.9 Å². The molecule has 0 saturated carbocycles. The third-order valence-corrected chi connectivity index (χ3v) is 3.01. The molecule has 1 aromatic carbocycles. The fourth-order valence-electron chi connectivity index (χ4n) is 1.49. The van der Waals surface area contributed by atoms with E-state index in [9.17, 15) is 14.7 Å². The van der Waals surface area contributed by atoms with Crippen molar-refractivity contribution in [3.8, 4) is 0 Å². The molecule has 19 heavy (non-hydrogen) atoms. The largest absolute Gasteiger partial charge is 0.394 e. The molecule has 1 atom stereocenters. The lowest BCUT2D eigenvalue weighted by Crippen LogP contribution is -2.48. The van der Waals surface area contributed by atoms with Gasteiger partial charge < -0.3 is 15.7 Å². The van der Waals surface area contributed by atoms with E-state index in [1.165, 1.54) is 6.92 Å². The first kappa shape index (κ1) is 15.2. The first-order chi connectivity index (χ1) is 8.90. The second-order valence-electron chi connectivity index (χ2n) is 4.78. The average Bonchev–Trinajstić information content (AvgIpc) is 2.38. The standard InChI is InChI=1S/C14H20N2O3/c1-4-14(3,9-17)16-13(19)11-5-7-12(8-6-11)15-10(2)18/h5-8,17H,4,9H2,1-3H3,(H,15,18)(H,16,19). The molecule has 5 heteroatoms. The van der Waals surface area contributed by atoms with E-state index in [1.54, 1.807) is 31.2 Å². The van der Waals surface area contributed by atoms with Gasteiger partial charge in [-0.1, -0.05) is 6.92 Å². The monoisotopic (exact) mass is 264 g/mol. The van der Waals surface area contributed by atoms with Crippen LogP contribution in [0.1, 0.15) is 37.6 Å². The first-order valence-corrected chi connectivity index (χ1v) is 6.21. The van der Waals surface area contributed by atoms with Crippen molar-refractivity contribution in [3.05, 3.63) is 29.8 Å². The van der Waals surface area contributed by atoms with Crippen LogP contribution in [0.3, 0.4) is 0 Å². The van der Waals surface area contributed by atoms with Gasteiger partial charge in [-0.05, 0) is 37.6 Å². The molecule has 0 aliphatic rings. The lowest BCUT2D eigenvalue weighted by molar-refractivity contribution is -0.114. The van der Waals surface area contributed by atoms with Crippen LogP contribution in [-0.4, -0.2) is 29.1 Å². The summed E-state index contributed by atoms with van der Waals surface area (Å²) >= 11 is 0. The van der Waals surface area contributed by atoms with Crippen molar-refractivity contribution in [2.24, 2.45) is 0 Å². The zero-order chi connectivity index (χ0) is 14.5. The SMILES string of the molecule is CCC(C)(CO)NC(=O)c1ccc(NC(C)=O)cc1. The Balaban J connectivity index is 2.75. The van der Waals surface area contributed by atoms with Gasteiger partial charge in [0.05, 0.1) is 12.1 Å². The minimum absolute atomic E-state index is 0.112. The molecule has 0 aliphatic carbocycles. The number of hydrogen-bond donors (Lipinski definition) is 3. The quantitative estimate of drug-likeness (QED) is 0.754. The molecular formula is C14H20N2O3. The van der Waals surface area contributed by atoms with Crippen molar-refractivity contribution in [1.29, 1.82) is 0 Å². The van der Waals surface area contributed by atoms with Crippen LogP contribution in [0.4, 0.5) is 5.69 Å². The Morgan fingerprint density at radius 2 is 1.84 bits per heavy atom. The molecule has 0 bridgehead atoms. The van der Waals surface area contributed by atoms with Crippen LogP contribution in [0.15, 0.2) is 24.3 Å². The third-order valence-electron chi connectivity index (χ3n) is 3.01. The molecule has 5 nitrogen and oxygen atoms in total. The van der Waals surface area contributed by atoms with Crippen LogP contribution >= 0.6 is 0 Å². The van der Waals surface area contributed by atoms with Crippen LogP contribution in [0, 0.1) is 0 Å². The second-order valence-corrected chi connectivity index (χ2v) is 4.78. The van der Waals surface area contributed by atoms with Gasteiger partial charge in [-0.2, -0.15) is 0 Å². The molecule has 1 aromatic rings. The van der Waals surface area contributed by atoms with Crippen molar-refractivity contribution in [3.63, 3.8) is 0 Å². The van der Waals surface area contributed by atoms with Gasteiger partial charge in [0, 0.05) is 18.2 Å². The summed E-state index contributed by atoms with van der Waals surface area (Å²) in [5, 5.41) is 14.7. The summed E-state index contributed by atoms with van der Waals surface area (Å²) in [6.07, 6.45) is 0.638. The highest BCUT2D eigenvalue weighted by Crippen LogP contribution is 2.12. The highest BCUT2D eigenvalue weighted by atomic mass is 16.3. The number of amides is 2. The highest BCUT2D eigenvalue weighted by molar-refractivity contribution is 5.95. The van der Waals surface area contributed by atoms with Crippen LogP contribution in [0.25, 0.3) is 0 Å². The van der Waals surface area contributed by atoms with E-state index in [-0.39, 0.29) is 18.4 Å². The molecule has 0 aromatic heterocycles. The van der Waals surface area contributed by atoms with Gasteiger partial charge in [-0.3, -0.25) is 9.59 Å². The fraction of sp³-hybridized carbons (Fsp3) is 0.429. The molecule has 2 amide bonds. The Bertz CT molecular complexity index is 450. The van der Waals surface area contributed by atoms with E-state index in [4.69, 9.17) is 0 Å². The van der Waals surface area contributed by atoms with Gasteiger partial charge >= 0.3 is 0 Å². The smallest absolute Gasteiger partial charge is 0.251 e. The van der Waals surface area contributed by atoms with Gasteiger partial charge in [0.1, 0.15) is 0 Å². The van der Waals surface area contributed by atoms with Crippen LogP contribution in [0.5, 0.6) is 0 Å². The van der Waals surface area contributed by atoms with Crippen molar-refractivity contribution in [1.82, 2.24) is 5.32 Å². The summed E-state index contributed by atoms with van der Waals surface area (Å²) in [6, 6.07) is 6.60. The zero-order valence-corrected chi connectivity index (χ0v) is 11.5. The lowest BCUT2D eigenvalue weighted by atomic mass is 9.99. The second kappa shape index (κ2) is 6.33.